The lowest BCUT2D eigenvalue weighted by Crippen LogP contribution is -2.38. The maximum atomic E-state index is 13.5. The van der Waals surface area contributed by atoms with Crippen LogP contribution < -0.4 is 10.6 Å². The minimum Gasteiger partial charge on any atom is -0.361 e. The molecule has 4 rings (SSSR count). The molecule has 2 aromatic heterocycles. The summed E-state index contributed by atoms with van der Waals surface area (Å²) in [5.74, 6) is 2.81. The fourth-order valence-corrected chi connectivity index (χ4v) is 4.08. The Labute approximate surface area is 176 Å². The lowest BCUT2D eigenvalue weighted by molar-refractivity contribution is 0.594. The zero-order chi connectivity index (χ0) is 20.8. The Hall–Kier alpha value is -2.90. The van der Waals surface area contributed by atoms with Gasteiger partial charge in [0.05, 0.1) is 0 Å². The Balaban J connectivity index is 1.21. The van der Waals surface area contributed by atoms with Gasteiger partial charge in [-0.2, -0.15) is 0 Å². The van der Waals surface area contributed by atoms with Crippen LogP contribution in [0.2, 0.25) is 0 Å². The Kier molecular flexibility index (Phi) is 6.61. The number of halogens is 1. The molecule has 1 aliphatic heterocycles. The number of H-pyrrole nitrogens is 1. The summed E-state index contributed by atoms with van der Waals surface area (Å²) in [4.78, 5) is 7.49. The molecule has 0 saturated carbocycles. The average molecular weight is 412 g/mol. The normalized spacial score (nSPS) is 14.5. The minimum atomic E-state index is -0.210. The van der Waals surface area contributed by atoms with Gasteiger partial charge in [0.2, 0.25) is 0 Å². The zero-order valence-corrected chi connectivity index (χ0v) is 17.5. The van der Waals surface area contributed by atoms with E-state index in [1.54, 1.807) is 19.2 Å². The van der Waals surface area contributed by atoms with Crippen LogP contribution in [-0.2, 0) is 25.8 Å². The highest BCUT2D eigenvalue weighted by molar-refractivity contribution is 5.83. The molecule has 3 aromatic rings. The number of guanidine groups is 1. The van der Waals surface area contributed by atoms with Crippen molar-refractivity contribution in [3.63, 3.8) is 0 Å². The number of hydrogen-bond donors (Lipinski definition) is 3. The largest absolute Gasteiger partial charge is 0.361 e. The van der Waals surface area contributed by atoms with Crippen LogP contribution in [0.15, 0.2) is 29.4 Å². The van der Waals surface area contributed by atoms with Crippen LogP contribution in [-0.4, -0.2) is 45.8 Å². The zero-order valence-electron chi connectivity index (χ0n) is 17.5. The summed E-state index contributed by atoms with van der Waals surface area (Å²) in [6.07, 6.45) is 9.38. The molecule has 0 amide bonds. The van der Waals surface area contributed by atoms with Crippen LogP contribution in [0.3, 0.4) is 0 Å². The van der Waals surface area contributed by atoms with Crippen molar-refractivity contribution in [3.8, 4) is 0 Å². The molecule has 7 nitrogen and oxygen atoms in total. The van der Waals surface area contributed by atoms with Crippen LogP contribution in [0.5, 0.6) is 0 Å². The highest BCUT2D eigenvalue weighted by atomic mass is 19.1. The summed E-state index contributed by atoms with van der Waals surface area (Å²) in [6.45, 7) is 2.59. The quantitative estimate of drug-likeness (QED) is 0.317. The predicted octanol–water partition coefficient (Wildman–Crippen LogP) is 2.97. The third-order valence-corrected chi connectivity index (χ3v) is 5.70. The number of aromatic nitrogens is 4. The summed E-state index contributed by atoms with van der Waals surface area (Å²) in [7, 11) is 1.77. The van der Waals surface area contributed by atoms with Crippen molar-refractivity contribution in [2.45, 2.75) is 51.5 Å². The van der Waals surface area contributed by atoms with Crippen LogP contribution in [0.4, 0.5) is 4.39 Å². The van der Waals surface area contributed by atoms with E-state index >= 15 is 0 Å². The lowest BCUT2D eigenvalue weighted by atomic mass is 10.1. The topological polar surface area (TPSA) is 82.9 Å². The van der Waals surface area contributed by atoms with Gasteiger partial charge in [-0.05, 0) is 49.4 Å². The SMILES string of the molecule is CN=C(NCCCc1nnc2n1CCCCC2)NCCc1c[nH]c2ccc(F)cc12. The maximum Gasteiger partial charge on any atom is 0.190 e. The number of aryl methyl sites for hydroxylation is 2. The molecule has 0 radical (unpaired) electrons. The molecule has 3 N–H and O–H groups in total. The van der Waals surface area contributed by atoms with Gasteiger partial charge in [0.25, 0.3) is 0 Å². The van der Waals surface area contributed by atoms with Crippen molar-refractivity contribution in [2.24, 2.45) is 4.99 Å². The summed E-state index contributed by atoms with van der Waals surface area (Å²) in [6, 6.07) is 4.83. The summed E-state index contributed by atoms with van der Waals surface area (Å²) < 4.78 is 15.8. The minimum absolute atomic E-state index is 0.210. The molecule has 1 aliphatic rings. The molecule has 3 heterocycles. The second kappa shape index (κ2) is 9.73. The Morgan fingerprint density at radius 3 is 2.97 bits per heavy atom. The molecule has 8 heteroatoms. The molecule has 0 unspecified atom stereocenters. The molecular weight excluding hydrogens is 381 g/mol. The second-order valence-corrected chi connectivity index (χ2v) is 7.78. The monoisotopic (exact) mass is 411 g/mol. The first-order valence-electron chi connectivity index (χ1n) is 10.9. The van der Waals surface area contributed by atoms with E-state index in [4.69, 9.17) is 0 Å². The number of rotatable bonds is 7. The van der Waals surface area contributed by atoms with Gasteiger partial charge in [0.1, 0.15) is 17.5 Å². The number of fused-ring (bicyclic) bond motifs is 2. The van der Waals surface area contributed by atoms with Gasteiger partial charge in [-0.1, -0.05) is 6.42 Å². The van der Waals surface area contributed by atoms with Crippen molar-refractivity contribution < 1.29 is 4.39 Å². The average Bonchev–Trinajstić information content (AvgIpc) is 3.24. The standard InChI is InChI=1S/C22H30FN7/c1-24-22(26-12-10-16-15-27-19-9-8-17(23)14-18(16)19)25-11-5-7-21-29-28-20-6-3-2-4-13-30(20)21/h8-9,14-15,27H,2-7,10-13H2,1H3,(H2,24,25,26). The summed E-state index contributed by atoms with van der Waals surface area (Å²) in [5.41, 5.74) is 2.06. The lowest BCUT2D eigenvalue weighted by Gasteiger charge is -2.12. The molecule has 0 spiro atoms. The highest BCUT2D eigenvalue weighted by Gasteiger charge is 2.14. The molecule has 0 bridgehead atoms. The van der Waals surface area contributed by atoms with Crippen LogP contribution >= 0.6 is 0 Å². The van der Waals surface area contributed by atoms with E-state index in [9.17, 15) is 4.39 Å². The Bertz CT molecular complexity index is 1000. The van der Waals surface area contributed by atoms with E-state index in [1.807, 2.05) is 6.20 Å². The first kappa shape index (κ1) is 20.4. The van der Waals surface area contributed by atoms with Gasteiger partial charge in [0.15, 0.2) is 5.96 Å². The molecule has 0 aliphatic carbocycles. The number of aromatic amines is 1. The number of nitrogens with one attached hydrogen (secondary N) is 3. The molecule has 1 aromatic carbocycles. The first-order valence-corrected chi connectivity index (χ1v) is 10.9. The van der Waals surface area contributed by atoms with E-state index in [0.29, 0.717) is 0 Å². The number of aliphatic imine (C=N–C) groups is 1. The fraction of sp³-hybridized carbons (Fsp3) is 0.500. The van der Waals surface area contributed by atoms with Crippen LogP contribution in [0, 0.1) is 5.82 Å². The predicted molar refractivity (Wildman–Crippen MR) is 117 cm³/mol. The summed E-state index contributed by atoms with van der Waals surface area (Å²) in [5, 5.41) is 16.4. The molecular formula is C22H30FN7. The van der Waals surface area contributed by atoms with E-state index in [2.05, 4.69) is 35.4 Å². The van der Waals surface area contributed by atoms with E-state index in [0.717, 1.165) is 79.4 Å². The van der Waals surface area contributed by atoms with Gasteiger partial charge in [-0.3, -0.25) is 4.99 Å². The molecule has 0 fully saturated rings. The number of nitrogens with zero attached hydrogens (tertiary/aromatic N) is 4. The molecule has 160 valence electrons. The highest BCUT2D eigenvalue weighted by Crippen LogP contribution is 2.19. The molecule has 0 saturated heterocycles. The van der Waals surface area contributed by atoms with E-state index in [1.165, 1.54) is 25.3 Å². The first-order chi connectivity index (χ1) is 14.7. The van der Waals surface area contributed by atoms with Crippen molar-refractivity contribution in [1.82, 2.24) is 30.4 Å². The van der Waals surface area contributed by atoms with E-state index < -0.39 is 0 Å². The second-order valence-electron chi connectivity index (χ2n) is 7.78. The van der Waals surface area contributed by atoms with Crippen LogP contribution in [0.25, 0.3) is 10.9 Å². The van der Waals surface area contributed by atoms with E-state index in [-0.39, 0.29) is 5.82 Å². The van der Waals surface area contributed by atoms with Gasteiger partial charge < -0.3 is 20.2 Å². The number of hydrogen-bond acceptors (Lipinski definition) is 3. The van der Waals surface area contributed by atoms with Gasteiger partial charge >= 0.3 is 0 Å². The van der Waals surface area contributed by atoms with Gasteiger partial charge in [-0.25, -0.2) is 4.39 Å². The van der Waals surface area contributed by atoms with Crippen molar-refractivity contribution in [3.05, 3.63) is 47.4 Å². The third-order valence-electron chi connectivity index (χ3n) is 5.70. The van der Waals surface area contributed by atoms with Crippen molar-refractivity contribution in [1.29, 1.82) is 0 Å². The van der Waals surface area contributed by atoms with Crippen molar-refractivity contribution in [2.75, 3.05) is 20.1 Å². The third kappa shape index (κ3) is 4.80. The molecule has 0 atom stereocenters. The van der Waals surface area contributed by atoms with Crippen LogP contribution in [0.1, 0.15) is 42.9 Å². The Morgan fingerprint density at radius 2 is 2.07 bits per heavy atom. The Morgan fingerprint density at radius 1 is 1.17 bits per heavy atom. The van der Waals surface area contributed by atoms with Gasteiger partial charge in [0, 0.05) is 56.6 Å². The van der Waals surface area contributed by atoms with Crippen molar-refractivity contribution >= 4 is 16.9 Å². The number of benzene rings is 1. The summed E-state index contributed by atoms with van der Waals surface area (Å²) >= 11 is 0. The maximum absolute atomic E-state index is 13.5. The fourth-order valence-electron chi connectivity index (χ4n) is 4.08. The molecule has 30 heavy (non-hydrogen) atoms. The van der Waals surface area contributed by atoms with Gasteiger partial charge in [-0.15, -0.1) is 10.2 Å². The smallest absolute Gasteiger partial charge is 0.190 e.